The van der Waals surface area contributed by atoms with E-state index in [0.717, 1.165) is 0 Å². The molecule has 4 nitrogen and oxygen atoms in total. The molecule has 0 aliphatic rings. The Morgan fingerprint density at radius 1 is 0.818 bits per heavy atom. The lowest BCUT2D eigenvalue weighted by Gasteiger charge is -2.09. The van der Waals surface area contributed by atoms with Crippen LogP contribution in [0.1, 0.15) is 20.8 Å². The maximum absolute atomic E-state index is 5.08. The third-order valence-electron chi connectivity index (χ3n) is 0.908. The molecular formula is C6H17BO4. The van der Waals surface area contributed by atoms with E-state index in [4.69, 9.17) is 14.0 Å². The van der Waals surface area contributed by atoms with E-state index in [1.165, 1.54) is 0 Å². The second-order valence-electron chi connectivity index (χ2n) is 1.65. The first kappa shape index (κ1) is 13.5. The molecule has 0 rings (SSSR count). The molecule has 0 saturated heterocycles. The summed E-state index contributed by atoms with van der Waals surface area (Å²) < 4.78 is 15.2. The second kappa shape index (κ2) is 9.90. The van der Waals surface area contributed by atoms with Gasteiger partial charge in [0.25, 0.3) is 0 Å². The first-order valence-corrected chi connectivity index (χ1v) is 3.69. The van der Waals surface area contributed by atoms with Crippen LogP contribution in [0, 0.1) is 0 Å². The van der Waals surface area contributed by atoms with Crippen LogP contribution < -0.4 is 0 Å². The Hall–Kier alpha value is -0.0951. The molecular weight excluding hydrogens is 147 g/mol. The molecule has 0 unspecified atom stereocenters. The van der Waals surface area contributed by atoms with Crippen molar-refractivity contribution in [3.8, 4) is 0 Å². The number of hydrogen-bond donors (Lipinski definition) is 0. The molecule has 2 N–H and O–H groups in total. The average molecular weight is 164 g/mol. The van der Waals surface area contributed by atoms with Crippen molar-refractivity contribution in [1.29, 1.82) is 0 Å². The van der Waals surface area contributed by atoms with Crippen LogP contribution in [0.3, 0.4) is 0 Å². The van der Waals surface area contributed by atoms with Crippen LogP contribution in [0.5, 0.6) is 0 Å². The lowest BCUT2D eigenvalue weighted by Crippen LogP contribution is -2.27. The van der Waals surface area contributed by atoms with E-state index in [9.17, 15) is 0 Å². The van der Waals surface area contributed by atoms with Gasteiger partial charge in [-0.3, -0.25) is 0 Å². The van der Waals surface area contributed by atoms with Crippen LogP contribution in [-0.2, 0) is 14.0 Å². The molecule has 0 heterocycles. The molecule has 0 aromatic rings. The van der Waals surface area contributed by atoms with Crippen molar-refractivity contribution in [3.63, 3.8) is 0 Å². The zero-order chi connectivity index (χ0) is 7.82. The summed E-state index contributed by atoms with van der Waals surface area (Å²) in [6.45, 7) is 7.57. The van der Waals surface area contributed by atoms with E-state index >= 15 is 0 Å². The predicted molar refractivity (Wildman–Crippen MR) is 44.2 cm³/mol. The molecule has 68 valence electrons. The Labute approximate surface area is 68.3 Å². The molecule has 11 heavy (non-hydrogen) atoms. The van der Waals surface area contributed by atoms with Gasteiger partial charge in [0, 0.05) is 19.8 Å². The van der Waals surface area contributed by atoms with E-state index in [1.54, 1.807) is 0 Å². The number of rotatable bonds is 6. The van der Waals surface area contributed by atoms with Gasteiger partial charge < -0.3 is 19.4 Å². The molecule has 0 bridgehead atoms. The maximum atomic E-state index is 5.08. The first-order chi connectivity index (χ1) is 4.85. The van der Waals surface area contributed by atoms with Crippen LogP contribution in [0.4, 0.5) is 0 Å². The van der Waals surface area contributed by atoms with E-state index in [2.05, 4.69) is 0 Å². The Bertz CT molecular complexity index is 57.3. The fraction of sp³-hybridized carbons (Fsp3) is 1.00. The lowest BCUT2D eigenvalue weighted by molar-refractivity contribution is 0.107. The number of hydrogen-bond acceptors (Lipinski definition) is 3. The highest BCUT2D eigenvalue weighted by atomic mass is 16.7. The highest BCUT2D eigenvalue weighted by Gasteiger charge is 2.17. The van der Waals surface area contributed by atoms with E-state index < -0.39 is 7.32 Å². The van der Waals surface area contributed by atoms with Crippen molar-refractivity contribution in [2.45, 2.75) is 20.8 Å². The van der Waals surface area contributed by atoms with Gasteiger partial charge in [-0.25, -0.2) is 0 Å². The Morgan fingerprint density at radius 3 is 1.27 bits per heavy atom. The van der Waals surface area contributed by atoms with Crippen LogP contribution in [0.25, 0.3) is 0 Å². The van der Waals surface area contributed by atoms with Gasteiger partial charge in [-0.05, 0) is 20.8 Å². The van der Waals surface area contributed by atoms with Gasteiger partial charge in [0.2, 0.25) is 0 Å². The predicted octanol–water partition coefficient (Wildman–Crippen LogP) is 0.256. The monoisotopic (exact) mass is 164 g/mol. The molecule has 5 heteroatoms. The van der Waals surface area contributed by atoms with Crippen molar-refractivity contribution in [2.75, 3.05) is 19.8 Å². The molecule has 0 aliphatic carbocycles. The van der Waals surface area contributed by atoms with Crippen molar-refractivity contribution in [3.05, 3.63) is 0 Å². The van der Waals surface area contributed by atoms with Gasteiger partial charge in [0.05, 0.1) is 0 Å². The summed E-state index contributed by atoms with van der Waals surface area (Å²) in [6, 6.07) is 0. The van der Waals surface area contributed by atoms with Gasteiger partial charge in [-0.2, -0.15) is 0 Å². The summed E-state index contributed by atoms with van der Waals surface area (Å²) in [7, 11) is -0.472. The van der Waals surface area contributed by atoms with Crippen LogP contribution in [0.2, 0.25) is 0 Å². The minimum Gasteiger partial charge on any atom is -0.412 e. The van der Waals surface area contributed by atoms with Crippen molar-refractivity contribution >= 4 is 7.32 Å². The summed E-state index contributed by atoms with van der Waals surface area (Å²) in [6.07, 6.45) is 0. The summed E-state index contributed by atoms with van der Waals surface area (Å²) in [5.74, 6) is 0. The third kappa shape index (κ3) is 7.81. The maximum Gasteiger partial charge on any atom is 0.639 e. The third-order valence-corrected chi connectivity index (χ3v) is 0.908. The van der Waals surface area contributed by atoms with Gasteiger partial charge in [0.1, 0.15) is 0 Å². The molecule has 0 aromatic heterocycles. The minimum atomic E-state index is -0.472. The first-order valence-electron chi connectivity index (χ1n) is 3.69. The Balaban J connectivity index is 0. The van der Waals surface area contributed by atoms with Gasteiger partial charge in [-0.15, -0.1) is 0 Å². The minimum absolute atomic E-state index is 0. The van der Waals surface area contributed by atoms with E-state index in [1.807, 2.05) is 20.8 Å². The zero-order valence-electron chi connectivity index (χ0n) is 7.42. The quantitative estimate of drug-likeness (QED) is 0.529. The molecule has 0 radical (unpaired) electrons. The lowest BCUT2D eigenvalue weighted by atomic mass is 10.2. The van der Waals surface area contributed by atoms with Gasteiger partial charge >= 0.3 is 7.32 Å². The largest absolute Gasteiger partial charge is 0.639 e. The molecule has 0 aromatic carbocycles. The molecule has 0 atom stereocenters. The van der Waals surface area contributed by atoms with Crippen LogP contribution >= 0.6 is 0 Å². The van der Waals surface area contributed by atoms with Crippen molar-refractivity contribution in [1.82, 2.24) is 0 Å². The molecule has 0 fully saturated rings. The van der Waals surface area contributed by atoms with Crippen molar-refractivity contribution in [2.24, 2.45) is 0 Å². The smallest absolute Gasteiger partial charge is 0.412 e. The fourth-order valence-electron chi connectivity index (χ4n) is 0.553. The summed E-state index contributed by atoms with van der Waals surface area (Å²) in [5, 5.41) is 0. The molecule has 0 spiro atoms. The summed E-state index contributed by atoms with van der Waals surface area (Å²) >= 11 is 0. The summed E-state index contributed by atoms with van der Waals surface area (Å²) in [5.41, 5.74) is 0. The standard InChI is InChI=1S/C6H15BO3.H2O/c1-4-8-7(9-5-2)10-6-3;/h4-6H2,1-3H3;1H2. The summed E-state index contributed by atoms with van der Waals surface area (Å²) in [4.78, 5) is 0. The molecule has 0 saturated carbocycles. The van der Waals surface area contributed by atoms with E-state index in [-0.39, 0.29) is 5.48 Å². The SMILES string of the molecule is CCOB(OCC)OCC.O. The normalized spacial score (nSPS) is 9.00. The van der Waals surface area contributed by atoms with Gasteiger partial charge in [-0.1, -0.05) is 0 Å². The van der Waals surface area contributed by atoms with Crippen LogP contribution in [0.15, 0.2) is 0 Å². The molecule has 0 aliphatic heterocycles. The average Bonchev–Trinajstić information content (AvgIpc) is 1.90. The molecule has 0 amide bonds. The Morgan fingerprint density at radius 2 is 1.09 bits per heavy atom. The van der Waals surface area contributed by atoms with Crippen LogP contribution in [-0.4, -0.2) is 32.6 Å². The highest BCUT2D eigenvalue weighted by molar-refractivity contribution is 6.36. The van der Waals surface area contributed by atoms with Crippen molar-refractivity contribution < 1.29 is 19.4 Å². The second-order valence-corrected chi connectivity index (χ2v) is 1.65. The topological polar surface area (TPSA) is 59.2 Å². The Kier molecular flexibility index (Phi) is 12.1. The zero-order valence-corrected chi connectivity index (χ0v) is 7.42. The van der Waals surface area contributed by atoms with E-state index in [0.29, 0.717) is 19.8 Å². The van der Waals surface area contributed by atoms with Gasteiger partial charge in [0.15, 0.2) is 0 Å². The fourth-order valence-corrected chi connectivity index (χ4v) is 0.553. The highest BCUT2D eigenvalue weighted by Crippen LogP contribution is 1.90.